The maximum atomic E-state index is 13.7. The zero-order valence-corrected chi connectivity index (χ0v) is 23.9. The molecule has 0 bridgehead atoms. The van der Waals surface area contributed by atoms with E-state index in [0.29, 0.717) is 39.8 Å². The second-order valence-corrected chi connectivity index (χ2v) is 10.5. The predicted molar refractivity (Wildman–Crippen MR) is 165 cm³/mol. The Morgan fingerprint density at radius 3 is 2.47 bits per heavy atom. The van der Waals surface area contributed by atoms with Crippen molar-refractivity contribution >= 4 is 35.0 Å². The van der Waals surface area contributed by atoms with E-state index in [0.717, 1.165) is 16.8 Å². The molecule has 0 aliphatic heterocycles. The lowest BCUT2D eigenvalue weighted by Crippen LogP contribution is -2.27. The first-order chi connectivity index (χ1) is 20.8. The summed E-state index contributed by atoms with van der Waals surface area (Å²) in [6.07, 6.45) is 4.41. The number of rotatable bonds is 8. The second-order valence-electron chi connectivity index (χ2n) is 9.70. The van der Waals surface area contributed by atoms with Gasteiger partial charge < -0.3 is 14.7 Å². The summed E-state index contributed by atoms with van der Waals surface area (Å²) in [6.45, 7) is 0. The van der Waals surface area contributed by atoms with Gasteiger partial charge in [0.25, 0.3) is 5.56 Å². The number of halogens is 2. The van der Waals surface area contributed by atoms with Crippen molar-refractivity contribution in [3.8, 4) is 28.1 Å². The Hall–Kier alpha value is -5.19. The molecule has 3 aromatic carbocycles. The summed E-state index contributed by atoms with van der Waals surface area (Å²) in [6, 6.07) is 25.1. The van der Waals surface area contributed by atoms with E-state index in [9.17, 15) is 9.59 Å². The van der Waals surface area contributed by atoms with E-state index in [2.05, 4.69) is 25.6 Å². The number of nitrogens with one attached hydrogen (secondary N) is 2. The second kappa shape index (κ2) is 12.0. The Morgan fingerprint density at radius 1 is 0.977 bits per heavy atom. The molecule has 3 aromatic heterocycles. The van der Waals surface area contributed by atoms with Crippen LogP contribution in [-0.4, -0.2) is 40.7 Å². The summed E-state index contributed by atoms with van der Waals surface area (Å²) < 4.78 is 3.18. The third-order valence-corrected chi connectivity index (χ3v) is 7.30. The fraction of sp³-hybridized carbons (Fsp3) is 0.0645. The number of hydrogen-bond acceptors (Lipinski definition) is 5. The molecule has 10 nitrogen and oxygen atoms in total. The number of carbonyl (C=O) groups is 1. The van der Waals surface area contributed by atoms with Crippen molar-refractivity contribution in [3.63, 3.8) is 0 Å². The topological polar surface area (TPSA) is 131 Å². The summed E-state index contributed by atoms with van der Waals surface area (Å²) in [5.41, 5.74) is 4.82. The van der Waals surface area contributed by atoms with Crippen molar-refractivity contribution in [2.75, 3.05) is 5.32 Å². The number of aromatic nitrogens is 6. The van der Waals surface area contributed by atoms with Crippen molar-refractivity contribution in [1.29, 1.82) is 0 Å². The standard InChI is InChI=1S/C31H23Cl2N7O3/c32-22-8-11-26(40-18-28(33)37-38-40)24(16-22)21-12-13-39(29(41)15-21)27(14-19-4-2-1-3-5-19)30-34-17-25(36-30)20-6-9-23(10-7-20)35-31(42)43/h1-13,15-18,27,35H,14H2,(H,34,36)(H,42,43). The van der Waals surface area contributed by atoms with Gasteiger partial charge in [0.15, 0.2) is 5.15 Å². The van der Waals surface area contributed by atoms with E-state index in [1.165, 1.54) is 4.68 Å². The molecule has 0 saturated heterocycles. The van der Waals surface area contributed by atoms with Gasteiger partial charge in [0, 0.05) is 35.0 Å². The fourth-order valence-corrected chi connectivity index (χ4v) is 5.19. The van der Waals surface area contributed by atoms with Crippen molar-refractivity contribution in [2.45, 2.75) is 12.5 Å². The summed E-state index contributed by atoms with van der Waals surface area (Å²) in [7, 11) is 0. The lowest BCUT2D eigenvalue weighted by atomic mass is 10.0. The van der Waals surface area contributed by atoms with E-state index in [1.54, 1.807) is 71.7 Å². The average Bonchev–Trinajstić information content (AvgIpc) is 3.66. The first-order valence-electron chi connectivity index (χ1n) is 13.1. The average molecular weight is 612 g/mol. The zero-order valence-electron chi connectivity index (χ0n) is 22.4. The zero-order chi connectivity index (χ0) is 29.9. The van der Waals surface area contributed by atoms with Crippen LogP contribution in [0.3, 0.4) is 0 Å². The minimum Gasteiger partial charge on any atom is -0.465 e. The molecule has 0 fully saturated rings. The Bertz CT molecular complexity index is 1970. The molecule has 6 rings (SSSR count). The molecule has 12 heteroatoms. The first-order valence-corrected chi connectivity index (χ1v) is 13.9. The number of H-pyrrole nitrogens is 1. The minimum atomic E-state index is -1.13. The molecular formula is C31H23Cl2N7O3. The molecule has 6 aromatic rings. The van der Waals surface area contributed by atoms with Crippen molar-refractivity contribution < 1.29 is 9.90 Å². The van der Waals surface area contributed by atoms with Crippen LogP contribution in [0.2, 0.25) is 10.2 Å². The highest BCUT2D eigenvalue weighted by molar-refractivity contribution is 6.31. The van der Waals surface area contributed by atoms with Crippen LogP contribution in [-0.2, 0) is 6.42 Å². The molecule has 0 radical (unpaired) electrons. The van der Waals surface area contributed by atoms with Gasteiger partial charge in [-0.2, -0.15) is 0 Å². The van der Waals surface area contributed by atoms with Gasteiger partial charge in [-0.1, -0.05) is 70.9 Å². The number of nitrogens with zero attached hydrogens (tertiary/aromatic N) is 5. The van der Waals surface area contributed by atoms with Crippen LogP contribution < -0.4 is 10.9 Å². The van der Waals surface area contributed by atoms with Crippen molar-refractivity contribution in [2.24, 2.45) is 0 Å². The number of pyridine rings is 1. The number of anilines is 1. The van der Waals surface area contributed by atoms with Gasteiger partial charge in [-0.15, -0.1) is 5.10 Å². The molecule has 1 atom stereocenters. The molecule has 0 aliphatic carbocycles. The number of carboxylic acid groups (broad SMARTS) is 1. The predicted octanol–water partition coefficient (Wildman–Crippen LogP) is 6.71. The van der Waals surface area contributed by atoms with Crippen LogP contribution in [0.5, 0.6) is 0 Å². The number of amides is 1. The minimum absolute atomic E-state index is 0.233. The largest absolute Gasteiger partial charge is 0.465 e. The van der Waals surface area contributed by atoms with Gasteiger partial charge >= 0.3 is 6.09 Å². The third kappa shape index (κ3) is 6.20. The van der Waals surface area contributed by atoms with Crippen molar-refractivity contribution in [1.82, 2.24) is 29.5 Å². The smallest absolute Gasteiger partial charge is 0.409 e. The molecule has 0 spiro atoms. The highest BCUT2D eigenvalue weighted by atomic mass is 35.5. The highest BCUT2D eigenvalue weighted by Gasteiger charge is 2.21. The molecule has 0 saturated carbocycles. The van der Waals surface area contributed by atoms with Gasteiger partial charge in [-0.05, 0) is 53.1 Å². The quantitative estimate of drug-likeness (QED) is 0.175. The van der Waals surface area contributed by atoms with Crippen LogP contribution in [0.1, 0.15) is 17.4 Å². The normalized spacial score (nSPS) is 11.8. The van der Waals surface area contributed by atoms with E-state index in [-0.39, 0.29) is 10.7 Å². The van der Waals surface area contributed by atoms with Crippen LogP contribution in [0.4, 0.5) is 10.5 Å². The molecule has 1 amide bonds. The van der Waals surface area contributed by atoms with E-state index in [1.807, 2.05) is 36.4 Å². The Labute approximate surface area is 255 Å². The molecule has 214 valence electrons. The monoisotopic (exact) mass is 611 g/mol. The highest BCUT2D eigenvalue weighted by Crippen LogP contribution is 2.30. The van der Waals surface area contributed by atoms with Crippen LogP contribution in [0.15, 0.2) is 108 Å². The van der Waals surface area contributed by atoms with Gasteiger partial charge in [-0.25, -0.2) is 14.5 Å². The summed E-state index contributed by atoms with van der Waals surface area (Å²) in [5, 5.41) is 20.0. The van der Waals surface area contributed by atoms with E-state index in [4.69, 9.17) is 28.3 Å². The fourth-order valence-electron chi connectivity index (χ4n) is 4.89. The third-order valence-electron chi connectivity index (χ3n) is 6.90. The number of aromatic amines is 1. The lowest BCUT2D eigenvalue weighted by Gasteiger charge is -2.19. The number of benzene rings is 3. The molecule has 43 heavy (non-hydrogen) atoms. The molecule has 0 aliphatic rings. The van der Waals surface area contributed by atoms with Gasteiger partial charge in [0.05, 0.1) is 29.8 Å². The van der Waals surface area contributed by atoms with Crippen molar-refractivity contribution in [3.05, 3.63) is 135 Å². The Balaban J connectivity index is 1.38. The van der Waals surface area contributed by atoms with E-state index >= 15 is 0 Å². The van der Waals surface area contributed by atoms with Crippen LogP contribution in [0.25, 0.3) is 28.1 Å². The number of hydrogen-bond donors (Lipinski definition) is 3. The first kappa shape index (κ1) is 28.0. The van der Waals surface area contributed by atoms with Crippen LogP contribution in [0, 0.1) is 0 Å². The van der Waals surface area contributed by atoms with Gasteiger partial charge in [-0.3, -0.25) is 10.1 Å². The SMILES string of the molecule is O=C(O)Nc1ccc(-c2cnc(C(Cc3ccccc3)n3ccc(-c4cc(Cl)ccc4-n4cc(Cl)nn4)cc3=O)[nH]2)cc1. The molecular weight excluding hydrogens is 589 g/mol. The van der Waals surface area contributed by atoms with Gasteiger partial charge in [0.1, 0.15) is 5.82 Å². The molecule has 3 heterocycles. The Kier molecular flexibility index (Phi) is 7.78. The number of imidazole rings is 1. The van der Waals surface area contributed by atoms with Crippen LogP contribution >= 0.6 is 23.2 Å². The Morgan fingerprint density at radius 2 is 1.77 bits per heavy atom. The summed E-state index contributed by atoms with van der Waals surface area (Å²) in [4.78, 5) is 32.7. The molecule has 3 N–H and O–H groups in total. The summed E-state index contributed by atoms with van der Waals surface area (Å²) in [5.74, 6) is 0.599. The lowest BCUT2D eigenvalue weighted by molar-refractivity contribution is 0.209. The van der Waals surface area contributed by atoms with Gasteiger partial charge in [0.2, 0.25) is 0 Å². The summed E-state index contributed by atoms with van der Waals surface area (Å²) >= 11 is 12.3. The molecule has 1 unspecified atom stereocenters. The van der Waals surface area contributed by atoms with E-state index < -0.39 is 12.1 Å². The maximum Gasteiger partial charge on any atom is 0.409 e. The maximum absolute atomic E-state index is 13.7.